The van der Waals surface area contributed by atoms with Gasteiger partial charge in [0.25, 0.3) is 0 Å². The largest absolute Gasteiger partial charge is 0.462 e. The first kappa shape index (κ1) is 19.3. The van der Waals surface area contributed by atoms with Crippen molar-refractivity contribution in [2.24, 2.45) is 0 Å². The van der Waals surface area contributed by atoms with E-state index >= 15 is 0 Å². The molecule has 4 rings (SSSR count). The first-order valence-corrected chi connectivity index (χ1v) is 9.78. The van der Waals surface area contributed by atoms with Crippen LogP contribution in [0.4, 0.5) is 11.5 Å². The normalized spacial score (nSPS) is 10.4. The average Bonchev–Trinajstić information content (AvgIpc) is 2.80. The predicted octanol–water partition coefficient (Wildman–Crippen LogP) is 5.73. The molecule has 30 heavy (non-hydrogen) atoms. The van der Waals surface area contributed by atoms with Gasteiger partial charge in [-0.1, -0.05) is 78.9 Å². The molecule has 0 fully saturated rings. The van der Waals surface area contributed by atoms with E-state index in [1.54, 1.807) is 6.92 Å². The second-order valence-corrected chi connectivity index (χ2v) is 6.56. The van der Waals surface area contributed by atoms with E-state index in [0.29, 0.717) is 22.9 Å². The Morgan fingerprint density at radius 3 is 1.97 bits per heavy atom. The Bertz CT molecular complexity index is 1130. The van der Waals surface area contributed by atoms with Crippen molar-refractivity contribution in [2.45, 2.75) is 6.92 Å². The maximum absolute atomic E-state index is 13.0. The Balaban J connectivity index is 1.96. The maximum atomic E-state index is 13.0. The molecule has 5 heteroatoms. The Morgan fingerprint density at radius 1 is 0.800 bits per heavy atom. The number of aromatic nitrogens is 2. The molecule has 0 aliphatic rings. The lowest BCUT2D eigenvalue weighted by atomic mass is 10.1. The summed E-state index contributed by atoms with van der Waals surface area (Å²) in [6.07, 6.45) is 0. The highest BCUT2D eigenvalue weighted by atomic mass is 16.5. The first-order chi connectivity index (χ1) is 14.8. The highest BCUT2D eigenvalue weighted by Gasteiger charge is 2.24. The van der Waals surface area contributed by atoms with Crippen LogP contribution in [-0.4, -0.2) is 22.5 Å². The van der Waals surface area contributed by atoms with Crippen LogP contribution in [0.15, 0.2) is 91.0 Å². The highest BCUT2D eigenvalue weighted by molar-refractivity contribution is 6.02. The van der Waals surface area contributed by atoms with Crippen molar-refractivity contribution in [1.82, 2.24) is 9.97 Å². The van der Waals surface area contributed by atoms with E-state index in [-0.39, 0.29) is 6.61 Å². The zero-order valence-electron chi connectivity index (χ0n) is 16.6. The summed E-state index contributed by atoms with van der Waals surface area (Å²) in [7, 11) is 0. The monoisotopic (exact) mass is 395 g/mol. The topological polar surface area (TPSA) is 64.1 Å². The number of hydrogen-bond donors (Lipinski definition) is 1. The van der Waals surface area contributed by atoms with Crippen molar-refractivity contribution in [2.75, 3.05) is 11.9 Å². The first-order valence-electron chi connectivity index (χ1n) is 9.78. The molecule has 0 saturated heterocycles. The maximum Gasteiger partial charge on any atom is 0.344 e. The molecule has 1 N–H and O–H groups in total. The van der Waals surface area contributed by atoms with Crippen LogP contribution in [0.25, 0.3) is 22.6 Å². The Labute approximate surface area is 175 Å². The number of anilines is 2. The molecule has 0 aliphatic heterocycles. The number of esters is 1. The molecule has 4 aromatic rings. The minimum Gasteiger partial charge on any atom is -0.462 e. The Morgan fingerprint density at radius 2 is 1.37 bits per heavy atom. The van der Waals surface area contributed by atoms with E-state index in [2.05, 4.69) is 5.32 Å². The lowest BCUT2D eigenvalue weighted by Gasteiger charge is -2.16. The van der Waals surface area contributed by atoms with Crippen LogP contribution in [0.1, 0.15) is 17.3 Å². The number of nitrogens with zero attached hydrogens (tertiary/aromatic N) is 2. The number of rotatable bonds is 6. The van der Waals surface area contributed by atoms with E-state index in [4.69, 9.17) is 14.7 Å². The summed E-state index contributed by atoms with van der Waals surface area (Å²) in [5.74, 6) is 0.475. The van der Waals surface area contributed by atoms with Gasteiger partial charge in [0.05, 0.1) is 12.3 Å². The average molecular weight is 395 g/mol. The third-order valence-corrected chi connectivity index (χ3v) is 4.50. The summed E-state index contributed by atoms with van der Waals surface area (Å²) < 4.78 is 5.36. The quantitative estimate of drug-likeness (QED) is 0.422. The van der Waals surface area contributed by atoms with Crippen molar-refractivity contribution in [3.8, 4) is 22.6 Å². The molecular weight excluding hydrogens is 374 g/mol. The van der Waals surface area contributed by atoms with Crippen LogP contribution in [0.5, 0.6) is 0 Å². The van der Waals surface area contributed by atoms with Crippen molar-refractivity contribution < 1.29 is 9.53 Å². The molecule has 0 bridgehead atoms. The van der Waals surface area contributed by atoms with E-state index in [1.807, 2.05) is 91.0 Å². The minimum atomic E-state index is -0.464. The van der Waals surface area contributed by atoms with Crippen molar-refractivity contribution in [3.05, 3.63) is 96.6 Å². The molecule has 1 aromatic heterocycles. The Hall–Kier alpha value is -3.99. The summed E-state index contributed by atoms with van der Waals surface area (Å²) in [4.78, 5) is 22.4. The van der Waals surface area contributed by atoms with Crippen molar-refractivity contribution >= 4 is 17.5 Å². The minimum absolute atomic E-state index is 0.262. The van der Waals surface area contributed by atoms with Gasteiger partial charge in [-0.3, -0.25) is 0 Å². The third-order valence-electron chi connectivity index (χ3n) is 4.50. The van der Waals surface area contributed by atoms with E-state index in [0.717, 1.165) is 16.8 Å². The molecule has 0 atom stereocenters. The fourth-order valence-electron chi connectivity index (χ4n) is 3.13. The van der Waals surface area contributed by atoms with E-state index in [1.165, 1.54) is 0 Å². The third kappa shape index (κ3) is 4.20. The van der Waals surface area contributed by atoms with Crippen molar-refractivity contribution in [1.29, 1.82) is 0 Å². The molecule has 0 radical (unpaired) electrons. The second kappa shape index (κ2) is 9.01. The number of benzene rings is 3. The van der Waals surface area contributed by atoms with Gasteiger partial charge in [0.2, 0.25) is 0 Å². The number of carbonyl (C=O) groups is 1. The molecular formula is C25H21N3O2. The molecule has 0 saturated carbocycles. The van der Waals surface area contributed by atoms with Gasteiger partial charge in [0, 0.05) is 16.8 Å². The summed E-state index contributed by atoms with van der Waals surface area (Å²) in [5, 5.41) is 3.28. The number of ether oxygens (including phenoxy) is 1. The van der Waals surface area contributed by atoms with Gasteiger partial charge in [-0.15, -0.1) is 0 Å². The van der Waals surface area contributed by atoms with Gasteiger partial charge in [0.1, 0.15) is 11.4 Å². The molecule has 0 amide bonds. The van der Waals surface area contributed by atoms with Gasteiger partial charge in [-0.25, -0.2) is 14.8 Å². The molecule has 3 aromatic carbocycles. The summed E-state index contributed by atoms with van der Waals surface area (Å²) in [6, 6.07) is 28.9. The summed E-state index contributed by atoms with van der Waals surface area (Å²) >= 11 is 0. The van der Waals surface area contributed by atoms with Crippen LogP contribution < -0.4 is 5.32 Å². The van der Waals surface area contributed by atoms with Gasteiger partial charge in [0.15, 0.2) is 5.82 Å². The lowest BCUT2D eigenvalue weighted by Crippen LogP contribution is -2.13. The molecule has 5 nitrogen and oxygen atoms in total. The van der Waals surface area contributed by atoms with Crippen LogP contribution >= 0.6 is 0 Å². The summed E-state index contributed by atoms with van der Waals surface area (Å²) in [6.45, 7) is 2.04. The zero-order valence-corrected chi connectivity index (χ0v) is 16.6. The van der Waals surface area contributed by atoms with Crippen LogP contribution in [-0.2, 0) is 4.74 Å². The molecule has 1 heterocycles. The van der Waals surface area contributed by atoms with Crippen LogP contribution in [0.2, 0.25) is 0 Å². The molecule has 148 valence electrons. The number of carbonyl (C=O) groups excluding carboxylic acids is 1. The van der Waals surface area contributed by atoms with E-state index < -0.39 is 5.97 Å². The zero-order chi connectivity index (χ0) is 20.8. The number of hydrogen-bond acceptors (Lipinski definition) is 5. The Kier molecular flexibility index (Phi) is 5.80. The fraction of sp³-hybridized carbons (Fsp3) is 0.0800. The molecule has 0 aliphatic carbocycles. The van der Waals surface area contributed by atoms with Gasteiger partial charge >= 0.3 is 5.97 Å². The van der Waals surface area contributed by atoms with Crippen molar-refractivity contribution in [3.63, 3.8) is 0 Å². The predicted molar refractivity (Wildman–Crippen MR) is 119 cm³/mol. The van der Waals surface area contributed by atoms with Gasteiger partial charge in [-0.2, -0.15) is 0 Å². The smallest absolute Gasteiger partial charge is 0.344 e. The van der Waals surface area contributed by atoms with Gasteiger partial charge < -0.3 is 10.1 Å². The van der Waals surface area contributed by atoms with Crippen LogP contribution in [0, 0.1) is 0 Å². The number of para-hydroxylation sites is 1. The molecule has 0 unspecified atom stereocenters. The van der Waals surface area contributed by atoms with Crippen LogP contribution in [0.3, 0.4) is 0 Å². The standard InChI is InChI=1S/C25H21N3O2/c1-2-30-25(29)21-22(18-12-6-3-7-13-18)27-23(19-14-8-4-9-15-19)28-24(21)26-20-16-10-5-11-17-20/h3-17H,2H2,1H3,(H,26,27,28). The fourth-order valence-corrected chi connectivity index (χ4v) is 3.13. The molecule has 0 spiro atoms. The summed E-state index contributed by atoms with van der Waals surface area (Å²) in [5.41, 5.74) is 3.34. The SMILES string of the molecule is CCOC(=O)c1c(Nc2ccccc2)nc(-c2ccccc2)nc1-c1ccccc1. The van der Waals surface area contributed by atoms with E-state index in [9.17, 15) is 4.79 Å². The highest BCUT2D eigenvalue weighted by Crippen LogP contribution is 2.32. The second-order valence-electron chi connectivity index (χ2n) is 6.56. The number of nitrogens with one attached hydrogen (secondary N) is 1. The lowest BCUT2D eigenvalue weighted by molar-refractivity contribution is 0.0527. The van der Waals surface area contributed by atoms with Gasteiger partial charge in [-0.05, 0) is 19.1 Å².